The number of carbonyl (C=O) groups is 2. The second-order valence-corrected chi connectivity index (χ2v) is 6.29. The van der Waals surface area contributed by atoms with Crippen molar-refractivity contribution in [2.45, 2.75) is 25.5 Å². The Morgan fingerprint density at radius 2 is 1.87 bits per heavy atom. The molecule has 0 bridgehead atoms. The summed E-state index contributed by atoms with van der Waals surface area (Å²) in [4.78, 5) is 23.4. The van der Waals surface area contributed by atoms with Crippen molar-refractivity contribution >= 4 is 22.0 Å². The van der Waals surface area contributed by atoms with Crippen LogP contribution in [0.4, 0.5) is 0 Å². The summed E-state index contributed by atoms with van der Waals surface area (Å²) in [6.45, 7) is 1.92. The van der Waals surface area contributed by atoms with E-state index < -0.39 is 46.3 Å². The minimum absolute atomic E-state index is 0.232. The molecule has 1 amide bonds. The highest BCUT2D eigenvalue weighted by molar-refractivity contribution is 7.85. The molecule has 0 aliphatic carbocycles. The van der Waals surface area contributed by atoms with Crippen molar-refractivity contribution in [3.05, 3.63) is 35.9 Å². The fourth-order valence-electron chi connectivity index (χ4n) is 1.89. The van der Waals surface area contributed by atoms with Crippen LogP contribution in [-0.2, 0) is 24.4 Å². The van der Waals surface area contributed by atoms with Crippen molar-refractivity contribution < 1.29 is 32.4 Å². The Bertz CT molecular complexity index is 630. The summed E-state index contributed by atoms with van der Waals surface area (Å²) >= 11 is 0. The SMILES string of the molecule is CCOC(C(=O)N[C@@H](CCS(=O)(=O)O)C(=O)O)c1ccccc1. The first-order chi connectivity index (χ1) is 10.7. The van der Waals surface area contributed by atoms with Crippen LogP contribution in [0, 0.1) is 0 Å². The van der Waals surface area contributed by atoms with Crippen molar-refractivity contribution in [2.24, 2.45) is 0 Å². The molecule has 0 fully saturated rings. The topological polar surface area (TPSA) is 130 Å². The summed E-state index contributed by atoms with van der Waals surface area (Å²) in [5.74, 6) is -2.86. The number of hydrogen-bond donors (Lipinski definition) is 3. The van der Waals surface area contributed by atoms with Gasteiger partial charge in [-0.3, -0.25) is 9.35 Å². The van der Waals surface area contributed by atoms with Crippen molar-refractivity contribution in [2.75, 3.05) is 12.4 Å². The lowest BCUT2D eigenvalue weighted by Crippen LogP contribution is -2.44. The minimum Gasteiger partial charge on any atom is -0.480 e. The third kappa shape index (κ3) is 6.76. The largest absolute Gasteiger partial charge is 0.480 e. The van der Waals surface area contributed by atoms with Crippen molar-refractivity contribution in [1.82, 2.24) is 5.32 Å². The molecule has 8 nitrogen and oxygen atoms in total. The number of aliphatic carboxylic acids is 1. The van der Waals surface area contributed by atoms with Gasteiger partial charge in [-0.2, -0.15) is 8.42 Å². The van der Waals surface area contributed by atoms with Crippen LogP contribution < -0.4 is 5.32 Å². The number of ether oxygens (including phenoxy) is 1. The van der Waals surface area contributed by atoms with Crippen LogP contribution in [0.3, 0.4) is 0 Å². The highest BCUT2D eigenvalue weighted by Gasteiger charge is 2.27. The molecule has 0 saturated heterocycles. The summed E-state index contributed by atoms with van der Waals surface area (Å²) in [6.07, 6.45) is -1.46. The molecule has 0 radical (unpaired) electrons. The Morgan fingerprint density at radius 1 is 1.26 bits per heavy atom. The Morgan fingerprint density at radius 3 is 2.35 bits per heavy atom. The molecule has 1 rings (SSSR count). The molecule has 23 heavy (non-hydrogen) atoms. The van der Waals surface area contributed by atoms with E-state index in [2.05, 4.69) is 5.32 Å². The van der Waals surface area contributed by atoms with Crippen LogP contribution in [-0.4, -0.2) is 48.4 Å². The quantitative estimate of drug-likeness (QED) is 0.559. The van der Waals surface area contributed by atoms with E-state index in [-0.39, 0.29) is 6.61 Å². The monoisotopic (exact) mass is 345 g/mol. The van der Waals surface area contributed by atoms with Crippen LogP contribution in [0.5, 0.6) is 0 Å². The highest BCUT2D eigenvalue weighted by Crippen LogP contribution is 2.17. The lowest BCUT2D eigenvalue weighted by atomic mass is 10.1. The summed E-state index contributed by atoms with van der Waals surface area (Å²) in [5.41, 5.74) is 0.547. The first kappa shape index (κ1) is 19.1. The molecule has 0 spiro atoms. The van der Waals surface area contributed by atoms with Gasteiger partial charge in [-0.25, -0.2) is 4.79 Å². The summed E-state index contributed by atoms with van der Waals surface area (Å²) in [5, 5.41) is 11.3. The average Bonchev–Trinajstić information content (AvgIpc) is 2.48. The molecule has 2 atom stereocenters. The number of carboxylic acids is 1. The molecule has 3 N–H and O–H groups in total. The normalized spacial score (nSPS) is 14.0. The first-order valence-corrected chi connectivity index (χ1v) is 8.50. The lowest BCUT2D eigenvalue weighted by molar-refractivity contribution is -0.144. The van der Waals surface area contributed by atoms with Crippen molar-refractivity contribution in [3.8, 4) is 0 Å². The fourth-order valence-corrected chi connectivity index (χ4v) is 2.42. The van der Waals surface area contributed by atoms with Crippen LogP contribution in [0.1, 0.15) is 25.0 Å². The van der Waals surface area contributed by atoms with Crippen LogP contribution in [0.25, 0.3) is 0 Å². The van der Waals surface area contributed by atoms with Crippen LogP contribution in [0.15, 0.2) is 30.3 Å². The maximum Gasteiger partial charge on any atom is 0.326 e. The van der Waals surface area contributed by atoms with E-state index in [1.807, 2.05) is 0 Å². The third-order valence-electron chi connectivity index (χ3n) is 2.95. The molecule has 0 aliphatic rings. The maximum atomic E-state index is 12.3. The van der Waals surface area contributed by atoms with E-state index in [0.29, 0.717) is 5.56 Å². The lowest BCUT2D eigenvalue weighted by Gasteiger charge is -2.20. The van der Waals surface area contributed by atoms with Gasteiger partial charge in [0.2, 0.25) is 0 Å². The maximum absolute atomic E-state index is 12.3. The summed E-state index contributed by atoms with van der Waals surface area (Å²) in [6, 6.07) is 7.05. The second kappa shape index (κ2) is 8.61. The van der Waals surface area contributed by atoms with Gasteiger partial charge in [0, 0.05) is 6.61 Å². The zero-order valence-electron chi connectivity index (χ0n) is 12.5. The minimum atomic E-state index is -4.32. The molecule has 0 heterocycles. The number of carboxylic acid groups (broad SMARTS) is 1. The third-order valence-corrected chi connectivity index (χ3v) is 3.70. The highest BCUT2D eigenvalue weighted by atomic mass is 32.2. The zero-order chi connectivity index (χ0) is 17.5. The number of carbonyl (C=O) groups excluding carboxylic acids is 1. The number of rotatable bonds is 9. The van der Waals surface area contributed by atoms with Crippen LogP contribution in [0.2, 0.25) is 0 Å². The number of hydrogen-bond acceptors (Lipinski definition) is 5. The van der Waals surface area contributed by atoms with Crippen molar-refractivity contribution in [1.29, 1.82) is 0 Å². The Hall–Kier alpha value is -1.97. The molecular weight excluding hydrogens is 326 g/mol. The molecule has 1 aromatic carbocycles. The van der Waals surface area contributed by atoms with Gasteiger partial charge in [0.05, 0.1) is 5.75 Å². The molecule has 9 heteroatoms. The van der Waals surface area contributed by atoms with Crippen molar-refractivity contribution in [3.63, 3.8) is 0 Å². The average molecular weight is 345 g/mol. The predicted octanol–water partition coefficient (Wildman–Crippen LogP) is 0.612. The summed E-state index contributed by atoms with van der Waals surface area (Å²) in [7, 11) is -4.32. The van der Waals surface area contributed by atoms with E-state index in [0.717, 1.165) is 0 Å². The molecule has 1 aromatic rings. The van der Waals surface area contributed by atoms with Gasteiger partial charge in [0.15, 0.2) is 6.10 Å². The molecule has 128 valence electrons. The van der Waals surface area contributed by atoms with Gasteiger partial charge in [-0.05, 0) is 18.9 Å². The second-order valence-electron chi connectivity index (χ2n) is 4.72. The van der Waals surface area contributed by atoms with E-state index in [1.54, 1.807) is 37.3 Å². The number of amides is 1. The Balaban J connectivity index is 2.84. The number of benzene rings is 1. The van der Waals surface area contributed by atoms with Gasteiger partial charge in [0.1, 0.15) is 6.04 Å². The number of nitrogens with one attached hydrogen (secondary N) is 1. The van der Waals surface area contributed by atoms with Gasteiger partial charge in [0.25, 0.3) is 16.0 Å². The molecule has 0 aromatic heterocycles. The molecule has 0 aliphatic heterocycles. The van der Waals surface area contributed by atoms with E-state index >= 15 is 0 Å². The molecular formula is C14H19NO7S. The standard InChI is InChI=1S/C14H19NO7S/c1-2-22-12(10-6-4-3-5-7-10)13(16)15-11(14(17)18)8-9-23(19,20)21/h3-7,11-12H,2,8-9H2,1H3,(H,15,16)(H,17,18)(H,19,20,21)/t11-,12?/m0/s1. The predicted molar refractivity (Wildman–Crippen MR) is 81.4 cm³/mol. The van der Waals surface area contributed by atoms with Gasteiger partial charge >= 0.3 is 5.97 Å². The molecule has 1 unspecified atom stereocenters. The molecule has 0 saturated carbocycles. The Kier molecular flexibility index (Phi) is 7.14. The van der Waals surface area contributed by atoms with E-state index in [1.165, 1.54) is 0 Å². The van der Waals surface area contributed by atoms with E-state index in [4.69, 9.17) is 14.4 Å². The van der Waals surface area contributed by atoms with E-state index in [9.17, 15) is 18.0 Å². The Labute approximate surface area is 134 Å². The summed E-state index contributed by atoms with van der Waals surface area (Å²) < 4.78 is 35.5. The fraction of sp³-hybridized carbons (Fsp3) is 0.429. The van der Waals surface area contributed by atoms with Crippen LogP contribution >= 0.6 is 0 Å². The van der Waals surface area contributed by atoms with Gasteiger partial charge in [-0.1, -0.05) is 30.3 Å². The van der Waals surface area contributed by atoms with Gasteiger partial charge in [-0.15, -0.1) is 0 Å². The smallest absolute Gasteiger partial charge is 0.326 e. The van der Waals surface area contributed by atoms with Gasteiger partial charge < -0.3 is 15.2 Å². The zero-order valence-corrected chi connectivity index (χ0v) is 13.3. The first-order valence-electron chi connectivity index (χ1n) is 6.89.